The molecular weight excluding hydrogens is 220 g/mol. The van der Waals surface area contributed by atoms with Crippen molar-refractivity contribution in [3.05, 3.63) is 35.9 Å². The van der Waals surface area contributed by atoms with E-state index in [1.165, 1.54) is 5.56 Å². The summed E-state index contributed by atoms with van der Waals surface area (Å²) in [5.41, 5.74) is 1.35. The fourth-order valence-electron chi connectivity index (χ4n) is 2.29. The molecule has 1 aromatic rings. The molecule has 0 spiro atoms. The van der Waals surface area contributed by atoms with Gasteiger partial charge in [0.15, 0.2) is 0 Å². The molecular formula is C16H28N2. The van der Waals surface area contributed by atoms with Crippen molar-refractivity contribution in [2.24, 2.45) is 0 Å². The van der Waals surface area contributed by atoms with E-state index in [-0.39, 0.29) is 0 Å². The zero-order chi connectivity index (χ0) is 13.5. The molecule has 1 atom stereocenters. The lowest BCUT2D eigenvalue weighted by molar-refractivity contribution is 0.158. The fraction of sp³-hybridized carbons (Fsp3) is 0.625. The number of benzene rings is 1. The molecule has 1 unspecified atom stereocenters. The molecule has 2 heteroatoms. The van der Waals surface area contributed by atoms with Crippen LogP contribution in [0.1, 0.15) is 40.2 Å². The van der Waals surface area contributed by atoms with Crippen molar-refractivity contribution in [3.8, 4) is 0 Å². The first-order chi connectivity index (χ1) is 8.50. The van der Waals surface area contributed by atoms with Gasteiger partial charge in [0.25, 0.3) is 0 Å². The van der Waals surface area contributed by atoms with Crippen molar-refractivity contribution in [2.75, 3.05) is 6.54 Å². The number of nitrogens with zero attached hydrogens (tertiary/aromatic N) is 1. The highest BCUT2D eigenvalue weighted by atomic mass is 15.2. The Balaban J connectivity index is 2.39. The molecule has 0 radical (unpaired) electrons. The van der Waals surface area contributed by atoms with Crippen LogP contribution in [0.3, 0.4) is 0 Å². The van der Waals surface area contributed by atoms with Crippen LogP contribution in [0.25, 0.3) is 0 Å². The molecule has 1 rings (SSSR count). The average molecular weight is 248 g/mol. The van der Waals surface area contributed by atoms with Gasteiger partial charge in [-0.2, -0.15) is 0 Å². The van der Waals surface area contributed by atoms with Gasteiger partial charge in [0, 0.05) is 31.2 Å². The summed E-state index contributed by atoms with van der Waals surface area (Å²) < 4.78 is 0. The summed E-state index contributed by atoms with van der Waals surface area (Å²) >= 11 is 0. The Morgan fingerprint density at radius 1 is 0.944 bits per heavy atom. The molecule has 0 heterocycles. The SMILES string of the molecule is CC(CN(C(C)C)C(C)C)NCc1ccccc1. The molecule has 0 saturated carbocycles. The maximum atomic E-state index is 3.60. The monoisotopic (exact) mass is 248 g/mol. The van der Waals surface area contributed by atoms with Crippen molar-refractivity contribution in [3.63, 3.8) is 0 Å². The van der Waals surface area contributed by atoms with Gasteiger partial charge in [-0.05, 0) is 40.2 Å². The van der Waals surface area contributed by atoms with Crippen molar-refractivity contribution in [2.45, 2.75) is 59.3 Å². The van der Waals surface area contributed by atoms with Crippen molar-refractivity contribution in [1.82, 2.24) is 10.2 Å². The minimum Gasteiger partial charge on any atom is -0.309 e. The number of hydrogen-bond acceptors (Lipinski definition) is 2. The number of rotatable bonds is 7. The zero-order valence-electron chi connectivity index (χ0n) is 12.5. The van der Waals surface area contributed by atoms with Crippen LogP contribution in [0, 0.1) is 0 Å². The number of nitrogens with one attached hydrogen (secondary N) is 1. The van der Waals surface area contributed by atoms with Gasteiger partial charge in [-0.25, -0.2) is 0 Å². The summed E-state index contributed by atoms with van der Waals surface area (Å²) in [6.07, 6.45) is 0. The second kappa shape index (κ2) is 7.55. The minimum atomic E-state index is 0.509. The smallest absolute Gasteiger partial charge is 0.0208 e. The van der Waals surface area contributed by atoms with E-state index in [4.69, 9.17) is 0 Å². The lowest BCUT2D eigenvalue weighted by Crippen LogP contribution is -2.45. The van der Waals surface area contributed by atoms with E-state index in [2.05, 4.69) is 75.2 Å². The third kappa shape index (κ3) is 5.19. The van der Waals surface area contributed by atoms with Crippen LogP contribution in [-0.2, 0) is 6.54 Å². The molecule has 1 N–H and O–H groups in total. The van der Waals surface area contributed by atoms with Gasteiger partial charge < -0.3 is 5.32 Å². The van der Waals surface area contributed by atoms with Gasteiger partial charge in [-0.15, -0.1) is 0 Å². The molecule has 2 nitrogen and oxygen atoms in total. The predicted molar refractivity (Wildman–Crippen MR) is 79.7 cm³/mol. The van der Waals surface area contributed by atoms with Crippen LogP contribution in [-0.4, -0.2) is 29.6 Å². The lowest BCUT2D eigenvalue weighted by Gasteiger charge is -2.33. The van der Waals surface area contributed by atoms with Crippen LogP contribution in [0.15, 0.2) is 30.3 Å². The number of hydrogen-bond donors (Lipinski definition) is 1. The van der Waals surface area contributed by atoms with Crippen molar-refractivity contribution in [1.29, 1.82) is 0 Å². The van der Waals surface area contributed by atoms with Crippen molar-refractivity contribution >= 4 is 0 Å². The Bertz CT molecular complexity index is 311. The van der Waals surface area contributed by atoms with E-state index < -0.39 is 0 Å². The zero-order valence-corrected chi connectivity index (χ0v) is 12.5. The van der Waals surface area contributed by atoms with Crippen LogP contribution in [0.2, 0.25) is 0 Å². The lowest BCUT2D eigenvalue weighted by atomic mass is 10.1. The van der Waals surface area contributed by atoms with Crippen LogP contribution < -0.4 is 5.32 Å². The summed E-state index contributed by atoms with van der Waals surface area (Å²) in [7, 11) is 0. The molecule has 102 valence electrons. The standard InChI is InChI=1S/C16H28N2/c1-13(2)18(14(3)4)12-15(5)17-11-16-9-7-6-8-10-16/h6-10,13-15,17H,11-12H2,1-5H3. The van der Waals surface area contributed by atoms with Gasteiger partial charge in [0.1, 0.15) is 0 Å². The minimum absolute atomic E-state index is 0.509. The maximum absolute atomic E-state index is 3.60. The topological polar surface area (TPSA) is 15.3 Å². The third-order valence-electron chi connectivity index (χ3n) is 3.31. The van der Waals surface area contributed by atoms with Crippen LogP contribution in [0.4, 0.5) is 0 Å². The van der Waals surface area contributed by atoms with Crippen molar-refractivity contribution < 1.29 is 0 Å². The van der Waals surface area contributed by atoms with E-state index in [0.29, 0.717) is 18.1 Å². The molecule has 0 aliphatic rings. The van der Waals surface area contributed by atoms with Gasteiger partial charge in [0.2, 0.25) is 0 Å². The highest BCUT2D eigenvalue weighted by molar-refractivity contribution is 5.14. The third-order valence-corrected chi connectivity index (χ3v) is 3.31. The molecule has 18 heavy (non-hydrogen) atoms. The summed E-state index contributed by atoms with van der Waals surface area (Å²) in [6, 6.07) is 12.3. The molecule has 1 aromatic carbocycles. The van der Waals surface area contributed by atoms with Crippen LogP contribution in [0.5, 0.6) is 0 Å². The Labute approximate surface area is 112 Å². The Hall–Kier alpha value is -0.860. The molecule has 0 aliphatic heterocycles. The van der Waals surface area contributed by atoms with E-state index in [1.807, 2.05) is 0 Å². The predicted octanol–water partition coefficient (Wildman–Crippen LogP) is 3.28. The largest absolute Gasteiger partial charge is 0.309 e. The first-order valence-electron chi connectivity index (χ1n) is 7.03. The van der Waals surface area contributed by atoms with Gasteiger partial charge in [-0.3, -0.25) is 4.90 Å². The van der Waals surface area contributed by atoms with E-state index >= 15 is 0 Å². The summed E-state index contributed by atoms with van der Waals surface area (Å²) in [5.74, 6) is 0. The second-order valence-corrected chi connectivity index (χ2v) is 5.65. The first kappa shape index (κ1) is 15.2. The maximum Gasteiger partial charge on any atom is 0.0208 e. The van der Waals surface area contributed by atoms with E-state index in [0.717, 1.165) is 13.1 Å². The van der Waals surface area contributed by atoms with E-state index in [9.17, 15) is 0 Å². The second-order valence-electron chi connectivity index (χ2n) is 5.65. The molecule has 0 fully saturated rings. The summed E-state index contributed by atoms with van der Waals surface area (Å²) in [5, 5.41) is 3.60. The first-order valence-corrected chi connectivity index (χ1v) is 7.03. The Kier molecular flexibility index (Phi) is 6.37. The Morgan fingerprint density at radius 3 is 2.00 bits per heavy atom. The average Bonchev–Trinajstić information content (AvgIpc) is 2.34. The molecule has 0 aromatic heterocycles. The quantitative estimate of drug-likeness (QED) is 0.796. The van der Waals surface area contributed by atoms with Gasteiger partial charge >= 0.3 is 0 Å². The normalized spacial score (nSPS) is 13.6. The molecule has 0 aliphatic carbocycles. The van der Waals surface area contributed by atoms with E-state index in [1.54, 1.807) is 0 Å². The summed E-state index contributed by atoms with van der Waals surface area (Å²) in [6.45, 7) is 13.4. The Morgan fingerprint density at radius 2 is 1.50 bits per heavy atom. The fourth-order valence-corrected chi connectivity index (χ4v) is 2.29. The highest BCUT2D eigenvalue weighted by Gasteiger charge is 2.15. The van der Waals surface area contributed by atoms with Gasteiger partial charge in [-0.1, -0.05) is 30.3 Å². The summed E-state index contributed by atoms with van der Waals surface area (Å²) in [4.78, 5) is 2.53. The van der Waals surface area contributed by atoms with Gasteiger partial charge in [0.05, 0.1) is 0 Å². The molecule has 0 amide bonds. The van der Waals surface area contributed by atoms with Crippen LogP contribution >= 0.6 is 0 Å². The molecule has 0 saturated heterocycles. The molecule has 0 bridgehead atoms. The highest BCUT2D eigenvalue weighted by Crippen LogP contribution is 2.06.